The third-order valence-electron chi connectivity index (χ3n) is 5.21. The Morgan fingerprint density at radius 2 is 1.89 bits per heavy atom. The monoisotopic (exact) mass is 544 g/mol. The van der Waals surface area contributed by atoms with Gasteiger partial charge in [0.25, 0.3) is 5.91 Å². The zero-order valence-electron chi connectivity index (χ0n) is 18.9. The van der Waals surface area contributed by atoms with E-state index >= 15 is 0 Å². The molecule has 2 aromatic carbocycles. The van der Waals surface area contributed by atoms with E-state index < -0.39 is 47.1 Å². The number of halogens is 6. The number of amides is 3. The Hall–Kier alpha value is -3.87. The molecule has 1 aliphatic rings. The number of nitrogens with one attached hydrogen (secondary N) is 3. The highest BCUT2D eigenvalue weighted by molar-refractivity contribution is 6.34. The van der Waals surface area contributed by atoms with Crippen LogP contribution in [0.1, 0.15) is 23.2 Å². The third-order valence-corrected chi connectivity index (χ3v) is 5.58. The van der Waals surface area contributed by atoms with E-state index in [9.17, 15) is 31.5 Å². The number of hydrogen-bond donors (Lipinski definition) is 3. The summed E-state index contributed by atoms with van der Waals surface area (Å²) in [6.07, 6.45) is -1.80. The molecule has 8 nitrogen and oxygen atoms in total. The molecule has 1 aliphatic carbocycles. The summed E-state index contributed by atoms with van der Waals surface area (Å²) in [4.78, 5) is 28.4. The Labute approximate surface area is 211 Å². The van der Waals surface area contributed by atoms with E-state index in [0.717, 1.165) is 25.0 Å². The van der Waals surface area contributed by atoms with E-state index in [0.29, 0.717) is 0 Å². The second-order valence-electron chi connectivity index (χ2n) is 8.01. The fourth-order valence-corrected chi connectivity index (χ4v) is 3.49. The van der Waals surface area contributed by atoms with Crippen molar-refractivity contribution in [2.24, 2.45) is 0 Å². The van der Waals surface area contributed by atoms with Gasteiger partial charge >= 0.3 is 12.2 Å². The van der Waals surface area contributed by atoms with Crippen LogP contribution in [0.2, 0.25) is 5.02 Å². The first-order valence-electron chi connectivity index (χ1n) is 10.7. The number of alkyl halides is 3. The van der Waals surface area contributed by atoms with Crippen LogP contribution in [0.25, 0.3) is 10.9 Å². The van der Waals surface area contributed by atoms with Crippen LogP contribution in [0.15, 0.2) is 30.5 Å². The van der Waals surface area contributed by atoms with Crippen LogP contribution in [0, 0.1) is 11.6 Å². The van der Waals surface area contributed by atoms with E-state index in [-0.39, 0.29) is 39.7 Å². The second-order valence-corrected chi connectivity index (χ2v) is 8.39. The third kappa shape index (κ3) is 6.10. The summed E-state index contributed by atoms with van der Waals surface area (Å²) in [5.41, 5.74) is -0.462. The van der Waals surface area contributed by atoms with Gasteiger partial charge in [-0.1, -0.05) is 11.6 Å². The van der Waals surface area contributed by atoms with Crippen molar-refractivity contribution in [2.45, 2.75) is 25.1 Å². The molecule has 0 bridgehead atoms. The highest BCUT2D eigenvalue weighted by Crippen LogP contribution is 2.39. The Morgan fingerprint density at radius 3 is 2.54 bits per heavy atom. The Bertz CT molecular complexity index is 1380. The summed E-state index contributed by atoms with van der Waals surface area (Å²) < 4.78 is 78.0. The molecule has 1 fully saturated rings. The summed E-state index contributed by atoms with van der Waals surface area (Å²) in [6, 6.07) is 3.70. The number of benzene rings is 2. The predicted molar refractivity (Wildman–Crippen MR) is 123 cm³/mol. The standard InChI is InChI=1S/C23H18ClF5N4O4/c1-36-17-8-14-11(6-12(17)21(34)31-9-23(27,28)29)16(4-5-30-14)37-20-13(25)7-15(18(24)19(20)26)33-22(35)32-10-2-3-10/h4-8,10H,2-3,9H2,1H3,(H,31,34)(H2,32,33,35). The number of methoxy groups -OCH3 is 1. The fourth-order valence-electron chi connectivity index (χ4n) is 3.30. The minimum Gasteiger partial charge on any atom is -0.496 e. The number of fused-ring (bicyclic) bond motifs is 1. The van der Waals surface area contributed by atoms with Crippen molar-refractivity contribution < 1.29 is 41.0 Å². The number of aromatic nitrogens is 1. The molecule has 3 aromatic rings. The highest BCUT2D eigenvalue weighted by Gasteiger charge is 2.29. The molecule has 3 amide bonds. The summed E-state index contributed by atoms with van der Waals surface area (Å²) >= 11 is 5.99. The maximum Gasteiger partial charge on any atom is 0.405 e. The lowest BCUT2D eigenvalue weighted by Gasteiger charge is -2.16. The van der Waals surface area contributed by atoms with Gasteiger partial charge in [-0.15, -0.1) is 0 Å². The van der Waals surface area contributed by atoms with Gasteiger partial charge in [-0.05, 0) is 25.0 Å². The minimum absolute atomic E-state index is 0.00453. The number of ether oxygens (including phenoxy) is 2. The van der Waals surface area contributed by atoms with Crippen molar-refractivity contribution in [3.63, 3.8) is 0 Å². The molecule has 0 aliphatic heterocycles. The molecule has 3 N–H and O–H groups in total. The first-order valence-corrected chi connectivity index (χ1v) is 11.1. The average molecular weight is 545 g/mol. The van der Waals surface area contributed by atoms with Gasteiger partial charge in [0.15, 0.2) is 17.4 Å². The van der Waals surface area contributed by atoms with Gasteiger partial charge in [0.1, 0.15) is 23.1 Å². The van der Waals surface area contributed by atoms with Crippen LogP contribution in [0.4, 0.5) is 32.4 Å². The van der Waals surface area contributed by atoms with Crippen molar-refractivity contribution >= 4 is 40.1 Å². The summed E-state index contributed by atoms with van der Waals surface area (Å²) in [5, 5.41) is 6.02. The minimum atomic E-state index is -4.65. The van der Waals surface area contributed by atoms with Gasteiger partial charge in [0, 0.05) is 29.8 Å². The molecular formula is C23H18ClF5N4O4. The van der Waals surface area contributed by atoms with E-state index in [4.69, 9.17) is 21.1 Å². The van der Waals surface area contributed by atoms with Crippen LogP contribution in [-0.2, 0) is 0 Å². The molecule has 196 valence electrons. The van der Waals surface area contributed by atoms with Crippen LogP contribution in [0.5, 0.6) is 17.2 Å². The molecule has 0 atom stereocenters. The number of rotatable bonds is 7. The molecule has 1 saturated carbocycles. The van der Waals surface area contributed by atoms with Crippen molar-refractivity contribution in [1.82, 2.24) is 15.6 Å². The Kier molecular flexibility index (Phi) is 7.25. The zero-order chi connectivity index (χ0) is 26.9. The average Bonchev–Trinajstić information content (AvgIpc) is 3.66. The van der Waals surface area contributed by atoms with E-state index in [1.165, 1.54) is 25.4 Å². The number of anilines is 1. The molecule has 0 radical (unpaired) electrons. The van der Waals surface area contributed by atoms with E-state index in [2.05, 4.69) is 15.6 Å². The van der Waals surface area contributed by atoms with Crippen molar-refractivity contribution in [1.29, 1.82) is 0 Å². The van der Waals surface area contributed by atoms with Crippen LogP contribution >= 0.6 is 11.6 Å². The molecule has 0 unspecified atom stereocenters. The van der Waals surface area contributed by atoms with Crippen LogP contribution in [-0.4, -0.2) is 42.8 Å². The highest BCUT2D eigenvalue weighted by atomic mass is 35.5. The molecule has 0 saturated heterocycles. The molecular weight excluding hydrogens is 527 g/mol. The van der Waals surface area contributed by atoms with Gasteiger partial charge in [-0.2, -0.15) is 13.2 Å². The number of nitrogens with zero attached hydrogens (tertiary/aromatic N) is 1. The number of urea groups is 1. The van der Waals surface area contributed by atoms with Gasteiger partial charge in [0.05, 0.1) is 23.9 Å². The molecule has 0 spiro atoms. The van der Waals surface area contributed by atoms with Crippen molar-refractivity contribution in [2.75, 3.05) is 19.0 Å². The largest absolute Gasteiger partial charge is 0.496 e. The molecule has 37 heavy (non-hydrogen) atoms. The number of carbonyl (C=O) groups excluding carboxylic acids is 2. The predicted octanol–water partition coefficient (Wildman–Crippen LogP) is 5.54. The maximum absolute atomic E-state index is 15.0. The summed E-state index contributed by atoms with van der Waals surface area (Å²) in [6.45, 7) is -1.59. The van der Waals surface area contributed by atoms with Crippen LogP contribution in [0.3, 0.4) is 0 Å². The molecule has 14 heteroatoms. The fraction of sp³-hybridized carbons (Fsp3) is 0.261. The van der Waals surface area contributed by atoms with Gasteiger partial charge in [-0.25, -0.2) is 13.6 Å². The molecule has 1 aromatic heterocycles. The normalized spacial score (nSPS) is 13.3. The van der Waals surface area contributed by atoms with Crippen molar-refractivity contribution in [3.8, 4) is 17.2 Å². The lowest BCUT2D eigenvalue weighted by atomic mass is 10.1. The lowest BCUT2D eigenvalue weighted by Crippen LogP contribution is -2.33. The van der Waals surface area contributed by atoms with Gasteiger partial charge in [0.2, 0.25) is 0 Å². The lowest BCUT2D eigenvalue weighted by molar-refractivity contribution is -0.123. The van der Waals surface area contributed by atoms with E-state index in [1.54, 1.807) is 5.32 Å². The van der Waals surface area contributed by atoms with Crippen molar-refractivity contribution in [3.05, 3.63) is 52.7 Å². The molecule has 4 rings (SSSR count). The quantitative estimate of drug-likeness (QED) is 0.268. The topological polar surface area (TPSA) is 102 Å². The maximum atomic E-state index is 15.0. The number of carbonyl (C=O) groups is 2. The smallest absolute Gasteiger partial charge is 0.405 e. The SMILES string of the molecule is COc1cc2nccc(Oc3c(F)cc(NC(=O)NC4CC4)c(Cl)c3F)c2cc1C(=O)NCC(F)(F)F. The molecule has 1 heterocycles. The Morgan fingerprint density at radius 1 is 1.16 bits per heavy atom. The van der Waals surface area contributed by atoms with Crippen LogP contribution < -0.4 is 25.4 Å². The second kappa shape index (κ2) is 10.2. The first-order chi connectivity index (χ1) is 17.5. The summed E-state index contributed by atoms with van der Waals surface area (Å²) in [5.74, 6) is -4.80. The zero-order valence-corrected chi connectivity index (χ0v) is 19.7. The Balaban J connectivity index is 1.67. The number of pyridine rings is 1. The van der Waals surface area contributed by atoms with Gasteiger partial charge < -0.3 is 25.4 Å². The number of hydrogen-bond acceptors (Lipinski definition) is 5. The first kappa shape index (κ1) is 26.2. The van der Waals surface area contributed by atoms with Gasteiger partial charge in [-0.3, -0.25) is 9.78 Å². The summed E-state index contributed by atoms with van der Waals surface area (Å²) in [7, 11) is 1.20. The van der Waals surface area contributed by atoms with E-state index in [1.807, 2.05) is 0 Å².